The molecule has 0 bridgehead atoms. The third-order valence-corrected chi connectivity index (χ3v) is 5.69. The fraction of sp³-hybridized carbons (Fsp3) is 0.391. The highest BCUT2D eigenvalue weighted by Gasteiger charge is 2.41. The Kier molecular flexibility index (Phi) is 7.23. The first kappa shape index (κ1) is 21.3. The highest BCUT2D eigenvalue weighted by molar-refractivity contribution is 7.11. The molecule has 154 valence electrons. The number of amides is 2. The Balaban J connectivity index is 1.87. The molecule has 29 heavy (non-hydrogen) atoms. The molecule has 1 aliphatic heterocycles. The molecule has 2 amide bonds. The second kappa shape index (κ2) is 9.85. The van der Waals surface area contributed by atoms with Gasteiger partial charge in [0, 0.05) is 31.1 Å². The molecule has 6 heteroatoms. The number of carbonyl (C=O) groups excluding carboxylic acids is 2. The molecule has 2 heterocycles. The zero-order chi connectivity index (χ0) is 20.8. The minimum Gasteiger partial charge on any atom is -0.379 e. The van der Waals surface area contributed by atoms with Gasteiger partial charge in [0.05, 0.1) is 11.7 Å². The van der Waals surface area contributed by atoms with Crippen molar-refractivity contribution in [3.05, 3.63) is 64.0 Å². The summed E-state index contributed by atoms with van der Waals surface area (Å²) >= 11 is 1.49. The molecule has 0 atom stereocenters. The number of nitrogens with zero attached hydrogens (tertiary/aromatic N) is 2. The van der Waals surface area contributed by atoms with Crippen LogP contribution in [-0.2, 0) is 20.9 Å². The second-order valence-electron chi connectivity index (χ2n) is 7.24. The van der Waals surface area contributed by atoms with Crippen molar-refractivity contribution in [1.82, 2.24) is 9.80 Å². The van der Waals surface area contributed by atoms with E-state index in [-0.39, 0.29) is 17.9 Å². The Labute approximate surface area is 176 Å². The Morgan fingerprint density at radius 3 is 2.45 bits per heavy atom. The van der Waals surface area contributed by atoms with Gasteiger partial charge in [-0.15, -0.1) is 11.3 Å². The van der Waals surface area contributed by atoms with Crippen molar-refractivity contribution in [3.8, 4) is 0 Å². The zero-order valence-electron chi connectivity index (χ0n) is 17.3. The Bertz CT molecular complexity index is 860. The highest BCUT2D eigenvalue weighted by atomic mass is 32.1. The summed E-state index contributed by atoms with van der Waals surface area (Å²) in [6.07, 6.45) is 0.766. The molecule has 0 saturated heterocycles. The van der Waals surface area contributed by atoms with Crippen molar-refractivity contribution in [1.29, 1.82) is 0 Å². The van der Waals surface area contributed by atoms with Gasteiger partial charge < -0.3 is 9.64 Å². The molecule has 1 aromatic carbocycles. The summed E-state index contributed by atoms with van der Waals surface area (Å²) in [5, 5.41) is 1.93. The molecular weight excluding hydrogens is 384 g/mol. The van der Waals surface area contributed by atoms with E-state index in [1.807, 2.05) is 73.5 Å². The van der Waals surface area contributed by atoms with Crippen LogP contribution in [-0.4, -0.2) is 47.4 Å². The van der Waals surface area contributed by atoms with E-state index in [4.69, 9.17) is 4.74 Å². The first-order valence-electron chi connectivity index (χ1n) is 10.1. The van der Waals surface area contributed by atoms with Crippen molar-refractivity contribution < 1.29 is 14.3 Å². The number of rotatable bonds is 10. The van der Waals surface area contributed by atoms with Gasteiger partial charge in [0.1, 0.15) is 5.70 Å². The lowest BCUT2D eigenvalue weighted by atomic mass is 10.1. The third-order valence-electron chi connectivity index (χ3n) is 4.80. The molecule has 0 radical (unpaired) electrons. The smallest absolute Gasteiger partial charge is 0.277 e. The van der Waals surface area contributed by atoms with Crippen molar-refractivity contribution in [2.24, 2.45) is 0 Å². The predicted molar refractivity (Wildman–Crippen MR) is 116 cm³/mol. The molecule has 5 nitrogen and oxygen atoms in total. The van der Waals surface area contributed by atoms with E-state index < -0.39 is 0 Å². The number of hydrogen-bond acceptors (Lipinski definition) is 5. The van der Waals surface area contributed by atoms with Gasteiger partial charge in [-0.1, -0.05) is 36.4 Å². The lowest BCUT2D eigenvalue weighted by molar-refractivity contribution is -0.137. The lowest BCUT2D eigenvalue weighted by Gasteiger charge is -2.25. The van der Waals surface area contributed by atoms with Crippen LogP contribution in [0, 0.1) is 0 Å². The highest BCUT2D eigenvalue weighted by Crippen LogP contribution is 2.34. The first-order chi connectivity index (χ1) is 14.0. The van der Waals surface area contributed by atoms with Gasteiger partial charge in [0.15, 0.2) is 0 Å². The van der Waals surface area contributed by atoms with E-state index in [9.17, 15) is 9.59 Å². The van der Waals surface area contributed by atoms with E-state index in [2.05, 4.69) is 0 Å². The summed E-state index contributed by atoms with van der Waals surface area (Å²) in [6, 6.07) is 13.8. The first-order valence-corrected chi connectivity index (χ1v) is 11.0. The minimum atomic E-state index is -0.208. The third kappa shape index (κ3) is 4.95. The van der Waals surface area contributed by atoms with Crippen LogP contribution >= 0.6 is 11.3 Å². The summed E-state index contributed by atoms with van der Waals surface area (Å²) in [5.74, 6) is -0.413. The average Bonchev–Trinajstić information content (AvgIpc) is 3.31. The number of thiophene rings is 1. The summed E-state index contributed by atoms with van der Waals surface area (Å²) in [5.41, 5.74) is 2.14. The SMILES string of the molecule is CCN(Cc1ccccc1)C1=C(c2cccs2)C(=O)N(CCCOC(C)C)C1=O. The molecule has 1 aliphatic rings. The van der Waals surface area contributed by atoms with E-state index in [0.29, 0.717) is 43.9 Å². The van der Waals surface area contributed by atoms with Gasteiger partial charge in [-0.25, -0.2) is 0 Å². The van der Waals surface area contributed by atoms with Gasteiger partial charge in [0.25, 0.3) is 11.8 Å². The number of likely N-dealkylation sites (N-methyl/N-ethyl adjacent to an activating group) is 1. The number of imide groups is 1. The van der Waals surface area contributed by atoms with Crippen LogP contribution < -0.4 is 0 Å². The van der Waals surface area contributed by atoms with Crippen molar-refractivity contribution >= 4 is 28.7 Å². The number of carbonyl (C=O) groups is 2. The van der Waals surface area contributed by atoms with Crippen LogP contribution in [0.2, 0.25) is 0 Å². The largest absolute Gasteiger partial charge is 0.379 e. The monoisotopic (exact) mass is 412 g/mol. The van der Waals surface area contributed by atoms with Crippen LogP contribution in [0.1, 0.15) is 37.6 Å². The minimum absolute atomic E-state index is 0.136. The van der Waals surface area contributed by atoms with E-state index in [0.717, 1.165) is 10.4 Å². The average molecular weight is 413 g/mol. The fourth-order valence-electron chi connectivity index (χ4n) is 3.40. The Morgan fingerprint density at radius 2 is 1.83 bits per heavy atom. The predicted octanol–water partition coefficient (Wildman–Crippen LogP) is 4.17. The van der Waals surface area contributed by atoms with Crippen LogP contribution in [0.15, 0.2) is 53.5 Å². The molecule has 0 saturated carbocycles. The summed E-state index contributed by atoms with van der Waals surface area (Å²) < 4.78 is 5.57. The standard InChI is InChI=1S/C23H28N2O3S/c1-4-24(16-18-10-6-5-7-11-18)21-20(19-12-8-15-29-19)22(26)25(23(21)27)13-9-14-28-17(2)3/h5-8,10-12,15,17H,4,9,13-14,16H2,1-3H3. The number of benzene rings is 1. The summed E-state index contributed by atoms with van der Waals surface area (Å²) in [4.78, 5) is 30.7. The van der Waals surface area contributed by atoms with Gasteiger partial charge in [-0.2, -0.15) is 0 Å². The van der Waals surface area contributed by atoms with Crippen molar-refractivity contribution in [2.45, 2.75) is 39.8 Å². The van der Waals surface area contributed by atoms with Crippen LogP contribution in [0.3, 0.4) is 0 Å². The number of hydrogen-bond donors (Lipinski definition) is 0. The molecule has 0 spiro atoms. The normalized spacial score (nSPS) is 14.4. The maximum atomic E-state index is 13.3. The quantitative estimate of drug-likeness (QED) is 0.434. The molecule has 1 aromatic heterocycles. The Morgan fingerprint density at radius 1 is 1.07 bits per heavy atom. The molecular formula is C23H28N2O3S. The fourth-order valence-corrected chi connectivity index (χ4v) is 4.16. The molecule has 2 aromatic rings. The number of ether oxygens (including phenoxy) is 1. The van der Waals surface area contributed by atoms with Crippen LogP contribution in [0.5, 0.6) is 0 Å². The summed E-state index contributed by atoms with van der Waals surface area (Å²) in [7, 11) is 0. The maximum Gasteiger partial charge on any atom is 0.277 e. The Hall–Kier alpha value is -2.44. The van der Waals surface area contributed by atoms with Gasteiger partial charge in [-0.05, 0) is 44.2 Å². The van der Waals surface area contributed by atoms with Crippen LogP contribution in [0.25, 0.3) is 5.57 Å². The van der Waals surface area contributed by atoms with Crippen molar-refractivity contribution in [2.75, 3.05) is 19.7 Å². The molecule has 0 unspecified atom stereocenters. The van der Waals surface area contributed by atoms with Gasteiger partial charge in [0.2, 0.25) is 0 Å². The zero-order valence-corrected chi connectivity index (χ0v) is 18.1. The summed E-state index contributed by atoms with van der Waals surface area (Å²) in [6.45, 7) is 8.09. The molecule has 0 N–H and O–H groups in total. The molecule has 0 aliphatic carbocycles. The van der Waals surface area contributed by atoms with Gasteiger partial charge in [-0.3, -0.25) is 14.5 Å². The molecule has 0 fully saturated rings. The second-order valence-corrected chi connectivity index (χ2v) is 8.18. The maximum absolute atomic E-state index is 13.3. The van der Waals surface area contributed by atoms with Gasteiger partial charge >= 0.3 is 0 Å². The van der Waals surface area contributed by atoms with Crippen LogP contribution in [0.4, 0.5) is 0 Å². The van der Waals surface area contributed by atoms with E-state index in [1.54, 1.807) is 0 Å². The van der Waals surface area contributed by atoms with E-state index in [1.165, 1.54) is 16.2 Å². The molecule has 3 rings (SSSR count). The lowest BCUT2D eigenvalue weighted by Crippen LogP contribution is -2.36. The topological polar surface area (TPSA) is 49.9 Å². The van der Waals surface area contributed by atoms with Crippen molar-refractivity contribution in [3.63, 3.8) is 0 Å². The van der Waals surface area contributed by atoms with E-state index >= 15 is 0 Å².